The molecule has 0 aliphatic carbocycles. The zero-order valence-corrected chi connectivity index (χ0v) is 11.9. The van der Waals surface area contributed by atoms with Crippen LogP contribution in [-0.2, 0) is 18.4 Å². The van der Waals surface area contributed by atoms with Gasteiger partial charge in [-0.1, -0.05) is 47.5 Å². The van der Waals surface area contributed by atoms with Crippen molar-refractivity contribution in [3.8, 4) is 5.88 Å². The molecule has 1 aromatic heterocycles. The molecule has 0 saturated carbocycles. The molecular formula is C14H26N2O. The summed E-state index contributed by atoms with van der Waals surface area (Å²) in [6.45, 7) is 11.6. The molecule has 98 valence electrons. The summed E-state index contributed by atoms with van der Waals surface area (Å²) in [6, 6.07) is 0. The predicted octanol–water partition coefficient (Wildman–Crippen LogP) is 3.64. The van der Waals surface area contributed by atoms with Gasteiger partial charge in [0.15, 0.2) is 0 Å². The van der Waals surface area contributed by atoms with Crippen LogP contribution in [0.3, 0.4) is 0 Å². The van der Waals surface area contributed by atoms with Gasteiger partial charge in [-0.3, -0.25) is 4.68 Å². The highest BCUT2D eigenvalue weighted by atomic mass is 16.3. The van der Waals surface area contributed by atoms with Gasteiger partial charge in [0.25, 0.3) is 0 Å². The van der Waals surface area contributed by atoms with E-state index in [1.807, 2.05) is 4.68 Å². The Hall–Kier alpha value is -0.990. The van der Waals surface area contributed by atoms with Crippen LogP contribution in [0, 0.1) is 0 Å². The maximum Gasteiger partial charge on any atom is 0.234 e. The maximum atomic E-state index is 10.0. The quantitative estimate of drug-likeness (QED) is 0.850. The van der Waals surface area contributed by atoms with Gasteiger partial charge in [0.2, 0.25) is 5.88 Å². The molecule has 0 atom stereocenters. The molecule has 1 rings (SSSR count). The van der Waals surface area contributed by atoms with Gasteiger partial charge in [0, 0.05) is 17.8 Å². The van der Waals surface area contributed by atoms with Crippen LogP contribution in [0.2, 0.25) is 0 Å². The number of hydrogen-bond acceptors (Lipinski definition) is 2. The Morgan fingerprint density at radius 3 is 2.29 bits per heavy atom. The van der Waals surface area contributed by atoms with Crippen LogP contribution in [0.25, 0.3) is 0 Å². The number of rotatable bonds is 5. The van der Waals surface area contributed by atoms with Crippen molar-refractivity contribution in [2.75, 3.05) is 0 Å². The summed E-state index contributed by atoms with van der Waals surface area (Å²) in [6.07, 6.45) is 4.34. The zero-order chi connectivity index (χ0) is 13.1. The first-order chi connectivity index (χ1) is 7.91. The fourth-order valence-electron chi connectivity index (χ4n) is 2.23. The molecule has 0 radical (unpaired) electrons. The lowest BCUT2D eigenvalue weighted by molar-refractivity contribution is 0.419. The Labute approximate surface area is 105 Å². The summed E-state index contributed by atoms with van der Waals surface area (Å²) in [7, 11) is 0. The molecule has 1 heterocycles. The van der Waals surface area contributed by atoms with Gasteiger partial charge in [-0.25, -0.2) is 0 Å². The molecule has 0 aromatic carbocycles. The number of aromatic hydroxyl groups is 1. The Morgan fingerprint density at radius 1 is 1.18 bits per heavy atom. The van der Waals surface area contributed by atoms with E-state index in [9.17, 15) is 5.11 Å². The van der Waals surface area contributed by atoms with Crippen LogP contribution in [0.1, 0.15) is 65.1 Å². The molecule has 0 amide bonds. The first-order valence-corrected chi connectivity index (χ1v) is 6.70. The molecule has 0 aliphatic heterocycles. The van der Waals surface area contributed by atoms with E-state index in [2.05, 4.69) is 39.7 Å². The number of aryl methyl sites for hydroxylation is 1. The molecule has 1 N–H and O–H groups in total. The van der Waals surface area contributed by atoms with Gasteiger partial charge in [0.05, 0.1) is 0 Å². The van der Waals surface area contributed by atoms with Crippen LogP contribution in [0.15, 0.2) is 0 Å². The molecule has 17 heavy (non-hydrogen) atoms. The second kappa shape index (κ2) is 5.56. The minimum absolute atomic E-state index is 0.0426. The summed E-state index contributed by atoms with van der Waals surface area (Å²) in [5.41, 5.74) is 2.19. The van der Waals surface area contributed by atoms with Crippen molar-refractivity contribution in [1.82, 2.24) is 9.78 Å². The monoisotopic (exact) mass is 238 g/mol. The second-order valence-electron chi connectivity index (χ2n) is 5.72. The average molecular weight is 238 g/mol. The molecule has 0 unspecified atom stereocenters. The number of nitrogens with zero attached hydrogens (tertiary/aromatic N) is 2. The van der Waals surface area contributed by atoms with Gasteiger partial charge in [-0.2, -0.15) is 0 Å². The molecule has 0 saturated heterocycles. The summed E-state index contributed by atoms with van der Waals surface area (Å²) in [5.74, 6) is 0.219. The fourth-order valence-corrected chi connectivity index (χ4v) is 2.23. The Morgan fingerprint density at radius 2 is 1.82 bits per heavy atom. The highest BCUT2D eigenvalue weighted by molar-refractivity contribution is 5.36. The van der Waals surface area contributed by atoms with Crippen LogP contribution in [0.4, 0.5) is 0 Å². The van der Waals surface area contributed by atoms with E-state index < -0.39 is 0 Å². The van der Waals surface area contributed by atoms with E-state index in [1.54, 1.807) is 0 Å². The minimum atomic E-state index is -0.0426. The Balaban J connectivity index is 3.14. The molecule has 3 nitrogen and oxygen atoms in total. The van der Waals surface area contributed by atoms with Crippen LogP contribution < -0.4 is 0 Å². The van der Waals surface area contributed by atoms with Crippen LogP contribution in [0.5, 0.6) is 5.88 Å². The van der Waals surface area contributed by atoms with Crippen molar-refractivity contribution in [3.05, 3.63) is 11.3 Å². The molecule has 3 heteroatoms. The lowest BCUT2D eigenvalue weighted by Crippen LogP contribution is -2.15. The summed E-state index contributed by atoms with van der Waals surface area (Å²) in [4.78, 5) is 0. The van der Waals surface area contributed by atoms with E-state index in [0.717, 1.165) is 37.8 Å². The van der Waals surface area contributed by atoms with E-state index in [-0.39, 0.29) is 11.3 Å². The largest absolute Gasteiger partial charge is 0.492 e. The van der Waals surface area contributed by atoms with E-state index >= 15 is 0 Å². The topological polar surface area (TPSA) is 38.0 Å². The highest BCUT2D eigenvalue weighted by Gasteiger charge is 2.26. The third kappa shape index (κ3) is 3.24. The van der Waals surface area contributed by atoms with E-state index in [1.165, 1.54) is 5.69 Å². The molecular weight excluding hydrogens is 212 g/mol. The summed E-state index contributed by atoms with van der Waals surface area (Å²) >= 11 is 0. The zero-order valence-electron chi connectivity index (χ0n) is 11.9. The first kappa shape index (κ1) is 14.1. The molecule has 1 aromatic rings. The van der Waals surface area contributed by atoms with Gasteiger partial charge in [-0.05, 0) is 18.3 Å². The van der Waals surface area contributed by atoms with E-state index in [0.29, 0.717) is 0 Å². The second-order valence-corrected chi connectivity index (χ2v) is 5.72. The van der Waals surface area contributed by atoms with Crippen LogP contribution >= 0.6 is 0 Å². The van der Waals surface area contributed by atoms with Crippen molar-refractivity contribution in [1.29, 1.82) is 0 Å². The molecule has 0 spiro atoms. The Bertz CT molecular complexity index is 361. The molecule has 0 fully saturated rings. The first-order valence-electron chi connectivity index (χ1n) is 6.70. The fraction of sp³-hybridized carbons (Fsp3) is 0.786. The Kier molecular flexibility index (Phi) is 4.61. The van der Waals surface area contributed by atoms with Crippen molar-refractivity contribution in [2.24, 2.45) is 0 Å². The summed E-state index contributed by atoms with van der Waals surface area (Å²) in [5, 5.41) is 14.3. The SMILES string of the molecule is CCCCn1nc(O)c(C(C)(C)C)c1CCC. The number of aromatic nitrogens is 2. The predicted molar refractivity (Wildman–Crippen MR) is 71.5 cm³/mol. The third-order valence-electron chi connectivity index (χ3n) is 3.00. The van der Waals surface area contributed by atoms with Crippen molar-refractivity contribution in [2.45, 2.75) is 72.3 Å². The van der Waals surface area contributed by atoms with Crippen molar-refractivity contribution in [3.63, 3.8) is 0 Å². The lowest BCUT2D eigenvalue weighted by atomic mass is 9.86. The van der Waals surface area contributed by atoms with Crippen LogP contribution in [-0.4, -0.2) is 14.9 Å². The number of unbranched alkanes of at least 4 members (excludes halogenated alkanes) is 1. The molecule has 0 bridgehead atoms. The van der Waals surface area contributed by atoms with Crippen molar-refractivity contribution >= 4 is 0 Å². The molecule has 0 aliphatic rings. The minimum Gasteiger partial charge on any atom is -0.492 e. The van der Waals surface area contributed by atoms with Gasteiger partial charge < -0.3 is 5.11 Å². The normalized spacial score (nSPS) is 12.1. The third-order valence-corrected chi connectivity index (χ3v) is 3.00. The maximum absolute atomic E-state index is 10.0. The summed E-state index contributed by atoms with van der Waals surface area (Å²) < 4.78 is 2.00. The lowest BCUT2D eigenvalue weighted by Gasteiger charge is -2.19. The number of hydrogen-bond donors (Lipinski definition) is 1. The highest BCUT2D eigenvalue weighted by Crippen LogP contribution is 2.34. The van der Waals surface area contributed by atoms with E-state index in [4.69, 9.17) is 0 Å². The average Bonchev–Trinajstić information content (AvgIpc) is 2.52. The van der Waals surface area contributed by atoms with Crippen molar-refractivity contribution < 1.29 is 5.11 Å². The van der Waals surface area contributed by atoms with Gasteiger partial charge in [-0.15, -0.1) is 5.10 Å². The standard InChI is InChI=1S/C14H26N2O/c1-6-8-10-16-11(9-7-2)12(13(17)15-16)14(3,4)5/h6-10H2,1-5H3,(H,15,17). The van der Waals surface area contributed by atoms with Gasteiger partial charge >= 0.3 is 0 Å². The smallest absolute Gasteiger partial charge is 0.234 e. The van der Waals surface area contributed by atoms with Gasteiger partial charge in [0.1, 0.15) is 0 Å².